The fourth-order valence-electron chi connectivity index (χ4n) is 3.32. The quantitative estimate of drug-likeness (QED) is 0.753. The molecule has 19 heavy (non-hydrogen) atoms. The van der Waals surface area contributed by atoms with Gasteiger partial charge in [-0.25, -0.2) is 0 Å². The Morgan fingerprint density at radius 3 is 2.68 bits per heavy atom. The molecule has 1 heterocycles. The molecule has 1 unspecified atom stereocenters. The van der Waals surface area contributed by atoms with Crippen LogP contribution >= 0.6 is 11.3 Å². The van der Waals surface area contributed by atoms with Gasteiger partial charge in [0.1, 0.15) is 0 Å². The Morgan fingerprint density at radius 2 is 1.89 bits per heavy atom. The van der Waals surface area contributed by atoms with E-state index in [9.17, 15) is 5.11 Å². The SMILES string of the molecule is OC(CC1CCCCCC1)c1cccc2ccsc12. The normalized spacial score (nSPS) is 19.4. The summed E-state index contributed by atoms with van der Waals surface area (Å²) in [5.74, 6) is 0.715. The molecular formula is C17H22OS. The molecule has 0 spiro atoms. The van der Waals surface area contributed by atoms with E-state index in [-0.39, 0.29) is 6.10 Å². The minimum absolute atomic E-state index is 0.287. The van der Waals surface area contributed by atoms with Crippen molar-refractivity contribution in [3.8, 4) is 0 Å². The maximum absolute atomic E-state index is 10.6. The van der Waals surface area contributed by atoms with Crippen LogP contribution in [0.3, 0.4) is 0 Å². The molecule has 0 saturated heterocycles. The molecular weight excluding hydrogens is 252 g/mol. The highest BCUT2D eigenvalue weighted by atomic mass is 32.1. The molecule has 102 valence electrons. The molecule has 0 amide bonds. The van der Waals surface area contributed by atoms with E-state index < -0.39 is 0 Å². The molecule has 1 aromatic heterocycles. The highest BCUT2D eigenvalue weighted by Crippen LogP contribution is 2.35. The first-order chi connectivity index (χ1) is 9.34. The Morgan fingerprint density at radius 1 is 1.11 bits per heavy atom. The van der Waals surface area contributed by atoms with Crippen molar-refractivity contribution in [3.05, 3.63) is 35.2 Å². The van der Waals surface area contributed by atoms with Gasteiger partial charge >= 0.3 is 0 Å². The maximum atomic E-state index is 10.6. The molecule has 1 atom stereocenters. The van der Waals surface area contributed by atoms with Crippen molar-refractivity contribution in [2.75, 3.05) is 0 Å². The molecule has 3 rings (SSSR count). The van der Waals surface area contributed by atoms with Crippen LogP contribution in [0.4, 0.5) is 0 Å². The van der Waals surface area contributed by atoms with Crippen LogP contribution in [0.1, 0.15) is 56.6 Å². The monoisotopic (exact) mass is 274 g/mol. The van der Waals surface area contributed by atoms with Gasteiger partial charge in [-0.2, -0.15) is 0 Å². The van der Waals surface area contributed by atoms with Gasteiger partial charge in [0.05, 0.1) is 6.10 Å². The molecule has 1 saturated carbocycles. The minimum atomic E-state index is -0.287. The zero-order chi connectivity index (χ0) is 13.1. The zero-order valence-electron chi connectivity index (χ0n) is 11.3. The van der Waals surface area contributed by atoms with Crippen LogP contribution in [0.5, 0.6) is 0 Å². The van der Waals surface area contributed by atoms with Gasteiger partial charge in [-0.3, -0.25) is 0 Å². The van der Waals surface area contributed by atoms with Crippen LogP contribution in [0, 0.1) is 5.92 Å². The number of aliphatic hydroxyl groups is 1. The van der Waals surface area contributed by atoms with Gasteiger partial charge in [-0.05, 0) is 34.7 Å². The average Bonchev–Trinajstić information content (AvgIpc) is 2.76. The third-order valence-corrected chi connectivity index (χ3v) is 5.38. The van der Waals surface area contributed by atoms with E-state index in [4.69, 9.17) is 0 Å². The van der Waals surface area contributed by atoms with Crippen molar-refractivity contribution < 1.29 is 5.11 Å². The topological polar surface area (TPSA) is 20.2 Å². The van der Waals surface area contributed by atoms with Gasteiger partial charge in [0.2, 0.25) is 0 Å². The summed E-state index contributed by atoms with van der Waals surface area (Å²) >= 11 is 1.75. The van der Waals surface area contributed by atoms with Crippen LogP contribution in [-0.4, -0.2) is 5.11 Å². The van der Waals surface area contributed by atoms with Crippen molar-refractivity contribution in [2.24, 2.45) is 5.92 Å². The molecule has 0 radical (unpaired) electrons. The van der Waals surface area contributed by atoms with Crippen molar-refractivity contribution in [1.82, 2.24) is 0 Å². The van der Waals surface area contributed by atoms with Gasteiger partial charge in [-0.15, -0.1) is 11.3 Å². The average molecular weight is 274 g/mol. The smallest absolute Gasteiger partial charge is 0.0806 e. The lowest BCUT2D eigenvalue weighted by atomic mass is 9.91. The molecule has 2 aromatic rings. The summed E-state index contributed by atoms with van der Waals surface area (Å²) in [5.41, 5.74) is 1.14. The summed E-state index contributed by atoms with van der Waals surface area (Å²) < 4.78 is 1.27. The molecule has 0 bridgehead atoms. The number of thiophene rings is 1. The summed E-state index contributed by atoms with van der Waals surface area (Å²) in [7, 11) is 0. The molecule has 1 aliphatic carbocycles. The number of fused-ring (bicyclic) bond motifs is 1. The summed E-state index contributed by atoms with van der Waals surface area (Å²) in [5, 5.41) is 14.0. The van der Waals surface area contributed by atoms with Crippen molar-refractivity contribution in [3.63, 3.8) is 0 Å². The Labute approximate surface area is 119 Å². The molecule has 1 nitrogen and oxygen atoms in total. The second kappa shape index (κ2) is 6.06. The van der Waals surface area contributed by atoms with E-state index in [1.54, 1.807) is 11.3 Å². The van der Waals surface area contributed by atoms with Gasteiger partial charge in [0.25, 0.3) is 0 Å². The lowest BCUT2D eigenvalue weighted by molar-refractivity contribution is 0.140. The second-order valence-corrected chi connectivity index (χ2v) is 6.71. The number of hydrogen-bond donors (Lipinski definition) is 1. The molecule has 0 aliphatic heterocycles. The number of hydrogen-bond acceptors (Lipinski definition) is 2. The number of benzene rings is 1. The Balaban J connectivity index is 1.75. The summed E-state index contributed by atoms with van der Waals surface area (Å²) in [6.07, 6.45) is 8.72. The summed E-state index contributed by atoms with van der Waals surface area (Å²) in [6.45, 7) is 0. The van der Waals surface area contributed by atoms with Crippen LogP contribution in [0.25, 0.3) is 10.1 Å². The minimum Gasteiger partial charge on any atom is -0.388 e. The predicted molar refractivity (Wildman–Crippen MR) is 82.6 cm³/mol. The van der Waals surface area contributed by atoms with Crippen LogP contribution < -0.4 is 0 Å². The van der Waals surface area contributed by atoms with E-state index >= 15 is 0 Å². The zero-order valence-corrected chi connectivity index (χ0v) is 12.2. The van der Waals surface area contributed by atoms with E-state index in [2.05, 4.69) is 29.6 Å². The lowest BCUT2D eigenvalue weighted by Crippen LogP contribution is -2.07. The molecule has 1 aromatic carbocycles. The third-order valence-electron chi connectivity index (χ3n) is 4.40. The highest BCUT2D eigenvalue weighted by molar-refractivity contribution is 7.17. The second-order valence-electron chi connectivity index (χ2n) is 5.80. The Bertz CT molecular complexity index is 523. The standard InChI is InChI=1S/C17H22OS/c18-16(12-13-6-3-1-2-4-7-13)15-9-5-8-14-10-11-19-17(14)15/h5,8-11,13,16,18H,1-4,6-7,12H2. The largest absolute Gasteiger partial charge is 0.388 e. The lowest BCUT2D eigenvalue weighted by Gasteiger charge is -2.19. The number of aliphatic hydroxyl groups excluding tert-OH is 1. The van der Waals surface area contributed by atoms with Gasteiger partial charge in [-0.1, -0.05) is 56.7 Å². The van der Waals surface area contributed by atoms with Gasteiger partial charge < -0.3 is 5.11 Å². The fraction of sp³-hybridized carbons (Fsp3) is 0.529. The first-order valence-corrected chi connectivity index (χ1v) is 8.37. The first-order valence-electron chi connectivity index (χ1n) is 7.49. The molecule has 1 fully saturated rings. The summed E-state index contributed by atoms with van der Waals surface area (Å²) in [4.78, 5) is 0. The van der Waals surface area contributed by atoms with E-state index in [1.807, 2.05) is 0 Å². The number of rotatable bonds is 3. The van der Waals surface area contributed by atoms with Crippen LogP contribution in [0.15, 0.2) is 29.6 Å². The van der Waals surface area contributed by atoms with Crippen molar-refractivity contribution >= 4 is 21.4 Å². The van der Waals surface area contributed by atoms with E-state index in [0.717, 1.165) is 12.0 Å². The fourth-order valence-corrected chi connectivity index (χ4v) is 4.28. The van der Waals surface area contributed by atoms with Crippen molar-refractivity contribution in [2.45, 2.75) is 51.0 Å². The maximum Gasteiger partial charge on any atom is 0.0806 e. The van der Waals surface area contributed by atoms with Gasteiger partial charge in [0.15, 0.2) is 0 Å². The van der Waals surface area contributed by atoms with E-state index in [0.29, 0.717) is 5.92 Å². The Kier molecular flexibility index (Phi) is 4.19. The first kappa shape index (κ1) is 13.1. The molecule has 2 heteroatoms. The van der Waals surface area contributed by atoms with E-state index in [1.165, 1.54) is 48.6 Å². The van der Waals surface area contributed by atoms with Gasteiger partial charge in [0, 0.05) is 4.70 Å². The highest BCUT2D eigenvalue weighted by Gasteiger charge is 2.19. The molecule has 1 aliphatic rings. The molecule has 1 N–H and O–H groups in total. The third kappa shape index (κ3) is 3.01. The Hall–Kier alpha value is -0.860. The van der Waals surface area contributed by atoms with Crippen LogP contribution in [0.2, 0.25) is 0 Å². The van der Waals surface area contributed by atoms with Crippen LogP contribution in [-0.2, 0) is 0 Å². The predicted octanol–water partition coefficient (Wildman–Crippen LogP) is 5.30. The summed E-state index contributed by atoms with van der Waals surface area (Å²) in [6, 6.07) is 8.44. The van der Waals surface area contributed by atoms with Crippen molar-refractivity contribution in [1.29, 1.82) is 0 Å².